The first-order valence-corrected chi connectivity index (χ1v) is 6.31. The second-order valence-electron chi connectivity index (χ2n) is 2.76. The van der Waals surface area contributed by atoms with Crippen molar-refractivity contribution in [3.63, 3.8) is 0 Å². The molecule has 1 heterocycles. The second kappa shape index (κ2) is 5.62. The number of hydrogen-bond donors (Lipinski definition) is 0. The maximum atomic E-state index is 5.36. The van der Waals surface area contributed by atoms with Crippen LogP contribution >= 0.6 is 35.3 Å². The van der Waals surface area contributed by atoms with Gasteiger partial charge in [-0.3, -0.25) is 0 Å². The van der Waals surface area contributed by atoms with Crippen LogP contribution < -0.4 is 0 Å². The van der Waals surface area contributed by atoms with Crippen LogP contribution in [0.5, 0.6) is 0 Å². The monoisotopic (exact) mass is 232 g/mol. The van der Waals surface area contributed by atoms with Gasteiger partial charge in [-0.1, -0.05) is 6.07 Å². The van der Waals surface area contributed by atoms with Crippen molar-refractivity contribution < 1.29 is 4.74 Å². The van der Waals surface area contributed by atoms with Crippen LogP contribution in [0.25, 0.3) is 0 Å². The van der Waals surface area contributed by atoms with Gasteiger partial charge in [0.25, 0.3) is 0 Å². The summed E-state index contributed by atoms with van der Waals surface area (Å²) in [7, 11) is 0. The van der Waals surface area contributed by atoms with E-state index < -0.39 is 0 Å². The molecule has 1 aromatic heterocycles. The number of hydrogen-bond acceptors (Lipinski definition) is 4. The SMILES string of the molecule is CC(C)OC(=S)CSc1cccs1. The smallest absolute Gasteiger partial charge is 0.170 e. The summed E-state index contributed by atoms with van der Waals surface area (Å²) in [5.41, 5.74) is 0. The number of rotatable bonds is 4. The van der Waals surface area contributed by atoms with Crippen molar-refractivity contribution in [1.29, 1.82) is 0 Å². The molecule has 0 aliphatic heterocycles. The zero-order valence-corrected chi connectivity index (χ0v) is 10.1. The van der Waals surface area contributed by atoms with Crippen LogP contribution in [0.1, 0.15) is 13.8 Å². The minimum atomic E-state index is 0.191. The minimum absolute atomic E-state index is 0.191. The molecular weight excluding hydrogens is 220 g/mol. The normalized spacial score (nSPS) is 10.4. The Bertz CT molecular complexity index is 254. The molecule has 0 bridgehead atoms. The van der Waals surface area contributed by atoms with Gasteiger partial charge in [0.15, 0.2) is 5.05 Å². The standard InChI is InChI=1S/C9H12OS3/c1-7(2)10-8(11)6-13-9-4-3-5-12-9/h3-5,7H,6H2,1-2H3. The molecule has 0 aliphatic carbocycles. The summed E-state index contributed by atoms with van der Waals surface area (Å²) in [5.74, 6) is 0.772. The lowest BCUT2D eigenvalue weighted by Crippen LogP contribution is -2.11. The summed E-state index contributed by atoms with van der Waals surface area (Å²) in [6, 6.07) is 4.13. The molecule has 1 rings (SSSR count). The van der Waals surface area contributed by atoms with E-state index in [9.17, 15) is 0 Å². The topological polar surface area (TPSA) is 9.23 Å². The predicted octanol–water partition coefficient (Wildman–Crippen LogP) is 3.59. The van der Waals surface area contributed by atoms with Gasteiger partial charge in [-0.05, 0) is 37.5 Å². The van der Waals surface area contributed by atoms with Gasteiger partial charge >= 0.3 is 0 Å². The zero-order chi connectivity index (χ0) is 9.68. The second-order valence-corrected chi connectivity index (χ2v) is 5.44. The van der Waals surface area contributed by atoms with E-state index in [1.54, 1.807) is 23.1 Å². The third kappa shape index (κ3) is 4.64. The van der Waals surface area contributed by atoms with E-state index in [2.05, 4.69) is 11.4 Å². The molecule has 0 saturated heterocycles. The van der Waals surface area contributed by atoms with Gasteiger partial charge in [0.1, 0.15) is 0 Å². The Labute approximate surface area is 92.5 Å². The third-order valence-corrected chi connectivity index (χ3v) is 3.75. The van der Waals surface area contributed by atoms with E-state index in [0.717, 1.165) is 5.75 Å². The van der Waals surface area contributed by atoms with Crippen molar-refractivity contribution in [3.8, 4) is 0 Å². The van der Waals surface area contributed by atoms with Crippen LogP contribution in [0.4, 0.5) is 0 Å². The highest BCUT2D eigenvalue weighted by molar-refractivity contribution is 8.02. The first-order chi connectivity index (χ1) is 6.18. The molecule has 0 aliphatic rings. The predicted molar refractivity (Wildman–Crippen MR) is 63.9 cm³/mol. The average Bonchev–Trinajstić information content (AvgIpc) is 2.51. The molecule has 0 unspecified atom stereocenters. The van der Waals surface area contributed by atoms with Gasteiger partial charge in [-0.2, -0.15) is 0 Å². The Morgan fingerprint density at radius 3 is 3.00 bits per heavy atom. The fourth-order valence-corrected chi connectivity index (χ4v) is 2.71. The number of thiocarbonyl (C=S) groups is 1. The lowest BCUT2D eigenvalue weighted by atomic mass is 10.5. The third-order valence-electron chi connectivity index (χ3n) is 1.19. The molecule has 0 N–H and O–H groups in total. The summed E-state index contributed by atoms with van der Waals surface area (Å²) in [6.07, 6.45) is 0.191. The summed E-state index contributed by atoms with van der Waals surface area (Å²) < 4.78 is 6.65. The van der Waals surface area contributed by atoms with E-state index in [1.807, 2.05) is 19.9 Å². The van der Waals surface area contributed by atoms with E-state index in [1.165, 1.54) is 4.21 Å². The van der Waals surface area contributed by atoms with Gasteiger partial charge in [-0.15, -0.1) is 23.1 Å². The van der Waals surface area contributed by atoms with Crippen molar-refractivity contribution >= 4 is 40.4 Å². The van der Waals surface area contributed by atoms with Crippen LogP contribution in [-0.2, 0) is 4.74 Å². The van der Waals surface area contributed by atoms with Crippen molar-refractivity contribution in [2.75, 3.05) is 5.75 Å². The number of ether oxygens (including phenoxy) is 1. The molecule has 0 saturated carbocycles. The Kier molecular flexibility index (Phi) is 4.77. The molecular formula is C9H12OS3. The molecule has 0 spiro atoms. The van der Waals surface area contributed by atoms with Gasteiger partial charge in [-0.25, -0.2) is 0 Å². The van der Waals surface area contributed by atoms with Crippen molar-refractivity contribution in [2.24, 2.45) is 0 Å². The highest BCUT2D eigenvalue weighted by Gasteiger charge is 2.02. The van der Waals surface area contributed by atoms with E-state index >= 15 is 0 Å². The lowest BCUT2D eigenvalue weighted by Gasteiger charge is -2.09. The van der Waals surface area contributed by atoms with Crippen molar-refractivity contribution in [1.82, 2.24) is 0 Å². The summed E-state index contributed by atoms with van der Waals surface area (Å²) in [6.45, 7) is 3.98. The lowest BCUT2D eigenvalue weighted by molar-refractivity contribution is 0.234. The summed E-state index contributed by atoms with van der Waals surface area (Å²) >= 11 is 8.53. The van der Waals surface area contributed by atoms with Crippen LogP contribution in [-0.4, -0.2) is 16.9 Å². The molecule has 0 radical (unpaired) electrons. The van der Waals surface area contributed by atoms with Gasteiger partial charge in [0, 0.05) is 0 Å². The van der Waals surface area contributed by atoms with Gasteiger partial charge < -0.3 is 4.74 Å². The van der Waals surface area contributed by atoms with E-state index in [0.29, 0.717) is 5.05 Å². The fourth-order valence-electron chi connectivity index (χ4n) is 0.773. The first kappa shape index (κ1) is 11.0. The Morgan fingerprint density at radius 2 is 2.46 bits per heavy atom. The van der Waals surface area contributed by atoms with Crippen LogP contribution in [0, 0.1) is 0 Å². The maximum Gasteiger partial charge on any atom is 0.170 e. The largest absolute Gasteiger partial charge is 0.484 e. The quantitative estimate of drug-likeness (QED) is 0.580. The number of thioether (sulfide) groups is 1. The van der Waals surface area contributed by atoms with Crippen molar-refractivity contribution in [3.05, 3.63) is 17.5 Å². The Morgan fingerprint density at radius 1 is 1.69 bits per heavy atom. The summed E-state index contributed by atoms with van der Waals surface area (Å²) in [5, 5.41) is 2.75. The molecule has 0 fully saturated rings. The molecule has 1 aromatic rings. The van der Waals surface area contributed by atoms with E-state index in [-0.39, 0.29) is 6.10 Å². The number of thiophene rings is 1. The van der Waals surface area contributed by atoms with Crippen LogP contribution in [0.2, 0.25) is 0 Å². The molecule has 0 aromatic carbocycles. The molecule has 0 atom stereocenters. The fraction of sp³-hybridized carbons (Fsp3) is 0.444. The maximum absolute atomic E-state index is 5.36. The Hall–Kier alpha value is -0.0600. The molecule has 0 amide bonds. The highest BCUT2D eigenvalue weighted by Crippen LogP contribution is 2.23. The molecule has 13 heavy (non-hydrogen) atoms. The molecule has 1 nitrogen and oxygen atoms in total. The highest BCUT2D eigenvalue weighted by atomic mass is 32.2. The van der Waals surface area contributed by atoms with Crippen LogP contribution in [0.3, 0.4) is 0 Å². The van der Waals surface area contributed by atoms with Crippen LogP contribution in [0.15, 0.2) is 21.7 Å². The van der Waals surface area contributed by atoms with E-state index in [4.69, 9.17) is 17.0 Å². The summed E-state index contributed by atoms with van der Waals surface area (Å²) in [4.78, 5) is 0. The molecule has 72 valence electrons. The minimum Gasteiger partial charge on any atom is -0.484 e. The average molecular weight is 232 g/mol. The molecule has 4 heteroatoms. The zero-order valence-electron chi connectivity index (χ0n) is 7.65. The first-order valence-electron chi connectivity index (χ1n) is 4.04. The van der Waals surface area contributed by atoms with Gasteiger partial charge in [0.05, 0.1) is 16.1 Å². The van der Waals surface area contributed by atoms with Crippen molar-refractivity contribution in [2.45, 2.75) is 24.2 Å². The Balaban J connectivity index is 2.23. The van der Waals surface area contributed by atoms with Gasteiger partial charge in [0.2, 0.25) is 0 Å².